The van der Waals surface area contributed by atoms with E-state index in [0.29, 0.717) is 36.1 Å². The van der Waals surface area contributed by atoms with Gasteiger partial charge >= 0.3 is 0 Å². The van der Waals surface area contributed by atoms with Gasteiger partial charge in [-0.3, -0.25) is 4.79 Å². The molecule has 7 nitrogen and oxygen atoms in total. The Bertz CT molecular complexity index is 702. The number of ether oxygens (including phenoxy) is 2. The van der Waals surface area contributed by atoms with Crippen LogP contribution >= 0.6 is 0 Å². The smallest absolute Gasteiger partial charge is 0.272 e. The molecule has 0 radical (unpaired) electrons. The van der Waals surface area contributed by atoms with E-state index in [-0.39, 0.29) is 5.91 Å². The van der Waals surface area contributed by atoms with Crippen molar-refractivity contribution in [3.63, 3.8) is 0 Å². The van der Waals surface area contributed by atoms with Crippen molar-refractivity contribution in [2.75, 3.05) is 32.6 Å². The molecule has 0 spiro atoms. The minimum Gasteiger partial charge on any atom is -0.497 e. The Morgan fingerprint density at radius 1 is 1.12 bits per heavy atom. The summed E-state index contributed by atoms with van der Waals surface area (Å²) in [6, 6.07) is 7.04. The van der Waals surface area contributed by atoms with Crippen molar-refractivity contribution < 1.29 is 14.3 Å². The van der Waals surface area contributed by atoms with E-state index in [9.17, 15) is 4.79 Å². The molecule has 0 aliphatic rings. The summed E-state index contributed by atoms with van der Waals surface area (Å²) in [5.41, 5.74) is 1.07. The average molecular weight is 330 g/mol. The van der Waals surface area contributed by atoms with Crippen molar-refractivity contribution in [2.24, 2.45) is 0 Å². The number of hydrogen-bond donors (Lipinski definition) is 1. The second kappa shape index (κ2) is 8.14. The predicted octanol–water partition coefficient (Wildman–Crippen LogP) is 2.72. The number of nitrogens with zero attached hydrogens (tertiary/aromatic N) is 3. The van der Waals surface area contributed by atoms with Crippen molar-refractivity contribution in [3.8, 4) is 11.5 Å². The van der Waals surface area contributed by atoms with E-state index in [2.05, 4.69) is 15.3 Å². The molecule has 0 unspecified atom stereocenters. The van der Waals surface area contributed by atoms with Crippen LogP contribution in [-0.2, 0) is 0 Å². The number of hydrogen-bond acceptors (Lipinski definition) is 6. The van der Waals surface area contributed by atoms with E-state index in [1.165, 1.54) is 6.33 Å². The Hall–Kier alpha value is -2.83. The van der Waals surface area contributed by atoms with E-state index < -0.39 is 0 Å². The van der Waals surface area contributed by atoms with Crippen LogP contribution in [0.25, 0.3) is 0 Å². The largest absolute Gasteiger partial charge is 0.497 e. The molecule has 1 aromatic carbocycles. The van der Waals surface area contributed by atoms with Crippen molar-refractivity contribution in [3.05, 3.63) is 36.3 Å². The second-order valence-corrected chi connectivity index (χ2v) is 4.96. The third kappa shape index (κ3) is 3.92. The highest BCUT2D eigenvalue weighted by Crippen LogP contribution is 2.30. The van der Waals surface area contributed by atoms with Crippen molar-refractivity contribution in [1.82, 2.24) is 14.9 Å². The van der Waals surface area contributed by atoms with E-state index in [1.54, 1.807) is 31.3 Å². The maximum absolute atomic E-state index is 12.4. The van der Waals surface area contributed by atoms with Crippen molar-refractivity contribution in [1.29, 1.82) is 0 Å². The summed E-state index contributed by atoms with van der Waals surface area (Å²) in [5.74, 6) is 1.71. The molecular formula is C17H22N4O3. The maximum Gasteiger partial charge on any atom is 0.272 e. The van der Waals surface area contributed by atoms with Crippen LogP contribution in [0.5, 0.6) is 11.5 Å². The molecule has 1 N–H and O–H groups in total. The zero-order valence-corrected chi connectivity index (χ0v) is 14.4. The molecule has 2 rings (SSSR count). The minimum atomic E-state index is -0.118. The Morgan fingerprint density at radius 2 is 1.88 bits per heavy atom. The molecule has 1 heterocycles. The number of carbonyl (C=O) groups is 1. The number of amides is 1. The van der Waals surface area contributed by atoms with Gasteiger partial charge in [0.05, 0.1) is 19.9 Å². The van der Waals surface area contributed by atoms with Crippen LogP contribution in [0.3, 0.4) is 0 Å². The number of carbonyl (C=O) groups excluding carboxylic acids is 1. The molecule has 0 saturated heterocycles. The normalized spacial score (nSPS) is 10.2. The van der Waals surface area contributed by atoms with E-state index >= 15 is 0 Å². The van der Waals surface area contributed by atoms with Crippen LogP contribution in [-0.4, -0.2) is 48.1 Å². The SMILES string of the molecule is CCN(CC)C(=O)c1cc(Nc2ccc(OC)cc2OC)ncn1. The number of aromatic nitrogens is 2. The van der Waals surface area contributed by atoms with E-state index in [1.807, 2.05) is 26.0 Å². The maximum atomic E-state index is 12.4. The van der Waals surface area contributed by atoms with Crippen LogP contribution in [0.15, 0.2) is 30.6 Å². The first-order valence-electron chi connectivity index (χ1n) is 7.73. The van der Waals surface area contributed by atoms with Gasteiger partial charge in [-0.1, -0.05) is 0 Å². The molecule has 1 amide bonds. The lowest BCUT2D eigenvalue weighted by Gasteiger charge is -2.18. The van der Waals surface area contributed by atoms with Gasteiger partial charge in [0.25, 0.3) is 5.91 Å². The fourth-order valence-corrected chi connectivity index (χ4v) is 2.26. The van der Waals surface area contributed by atoms with Gasteiger partial charge in [0.15, 0.2) is 0 Å². The Labute approximate surface area is 141 Å². The number of benzene rings is 1. The Morgan fingerprint density at radius 3 is 2.50 bits per heavy atom. The molecule has 0 bridgehead atoms. The van der Waals surface area contributed by atoms with Gasteiger partial charge in [-0.25, -0.2) is 9.97 Å². The van der Waals surface area contributed by atoms with Gasteiger partial charge in [-0.2, -0.15) is 0 Å². The zero-order valence-electron chi connectivity index (χ0n) is 14.4. The lowest BCUT2D eigenvalue weighted by atomic mass is 10.2. The molecule has 0 saturated carbocycles. The van der Waals surface area contributed by atoms with Crippen molar-refractivity contribution >= 4 is 17.4 Å². The van der Waals surface area contributed by atoms with Gasteiger partial charge in [0.1, 0.15) is 29.3 Å². The first-order valence-corrected chi connectivity index (χ1v) is 7.73. The first kappa shape index (κ1) is 17.5. The summed E-state index contributed by atoms with van der Waals surface area (Å²) in [5, 5.41) is 3.14. The predicted molar refractivity (Wildman–Crippen MR) is 92.1 cm³/mol. The molecule has 0 aliphatic heterocycles. The van der Waals surface area contributed by atoms with Gasteiger partial charge in [0.2, 0.25) is 0 Å². The molecule has 0 atom stereocenters. The number of anilines is 2. The average Bonchev–Trinajstić information content (AvgIpc) is 2.63. The lowest BCUT2D eigenvalue weighted by Crippen LogP contribution is -2.31. The quantitative estimate of drug-likeness (QED) is 0.841. The molecule has 0 aliphatic carbocycles. The van der Waals surface area contributed by atoms with Crippen LogP contribution < -0.4 is 14.8 Å². The van der Waals surface area contributed by atoms with E-state index in [4.69, 9.17) is 9.47 Å². The number of methoxy groups -OCH3 is 2. The molecule has 7 heteroatoms. The van der Waals surface area contributed by atoms with Gasteiger partial charge in [0, 0.05) is 25.2 Å². The number of nitrogens with one attached hydrogen (secondary N) is 1. The first-order chi connectivity index (χ1) is 11.6. The van der Waals surface area contributed by atoms with Crippen LogP contribution in [0.2, 0.25) is 0 Å². The fourth-order valence-electron chi connectivity index (χ4n) is 2.26. The highest BCUT2D eigenvalue weighted by Gasteiger charge is 2.15. The van der Waals surface area contributed by atoms with Crippen LogP contribution in [0, 0.1) is 0 Å². The lowest BCUT2D eigenvalue weighted by molar-refractivity contribution is 0.0767. The molecule has 24 heavy (non-hydrogen) atoms. The van der Waals surface area contributed by atoms with Crippen LogP contribution in [0.4, 0.5) is 11.5 Å². The highest BCUT2D eigenvalue weighted by atomic mass is 16.5. The highest BCUT2D eigenvalue weighted by molar-refractivity contribution is 5.93. The molecule has 1 aromatic heterocycles. The minimum absolute atomic E-state index is 0.118. The summed E-state index contributed by atoms with van der Waals surface area (Å²) < 4.78 is 10.5. The molecule has 0 fully saturated rings. The molecule has 2 aromatic rings. The summed E-state index contributed by atoms with van der Waals surface area (Å²) in [6.07, 6.45) is 1.37. The summed E-state index contributed by atoms with van der Waals surface area (Å²) in [7, 11) is 3.17. The van der Waals surface area contributed by atoms with Gasteiger partial charge in [-0.15, -0.1) is 0 Å². The van der Waals surface area contributed by atoms with Crippen LogP contribution in [0.1, 0.15) is 24.3 Å². The second-order valence-electron chi connectivity index (χ2n) is 4.96. The summed E-state index contributed by atoms with van der Waals surface area (Å²) in [6.45, 7) is 5.14. The molecule has 128 valence electrons. The van der Waals surface area contributed by atoms with E-state index in [0.717, 1.165) is 5.69 Å². The fraction of sp³-hybridized carbons (Fsp3) is 0.353. The van der Waals surface area contributed by atoms with Gasteiger partial charge < -0.3 is 19.7 Å². The van der Waals surface area contributed by atoms with Crippen molar-refractivity contribution in [2.45, 2.75) is 13.8 Å². The zero-order chi connectivity index (χ0) is 17.5. The molecular weight excluding hydrogens is 308 g/mol. The Balaban J connectivity index is 2.25. The third-order valence-corrected chi connectivity index (χ3v) is 3.61. The monoisotopic (exact) mass is 330 g/mol. The standard InChI is InChI=1S/C17H22N4O3/c1-5-21(6-2)17(22)14-10-16(19-11-18-14)20-13-8-7-12(23-3)9-15(13)24-4/h7-11H,5-6H2,1-4H3,(H,18,19,20). The summed E-state index contributed by atoms with van der Waals surface area (Å²) in [4.78, 5) is 22.3. The number of rotatable bonds is 7. The Kier molecular flexibility index (Phi) is 5.95. The van der Waals surface area contributed by atoms with Gasteiger partial charge in [-0.05, 0) is 26.0 Å². The summed E-state index contributed by atoms with van der Waals surface area (Å²) >= 11 is 0. The topological polar surface area (TPSA) is 76.6 Å². The third-order valence-electron chi connectivity index (χ3n) is 3.61.